The number of hydrogen-bond donors (Lipinski definition) is 1. The second-order valence-corrected chi connectivity index (χ2v) is 5.20. The SMILES string of the molecule is CCOc1c(Br)cc(C(=O)OCC(=O)NCCOC)cc1OC. The number of nitrogens with one attached hydrogen (secondary N) is 1. The van der Waals surface area contributed by atoms with Crippen molar-refractivity contribution in [1.29, 1.82) is 0 Å². The average Bonchev–Trinajstić information content (AvgIpc) is 2.54. The Balaban J connectivity index is 2.69. The van der Waals surface area contributed by atoms with E-state index in [4.69, 9.17) is 18.9 Å². The number of esters is 1. The number of hydrogen-bond acceptors (Lipinski definition) is 6. The van der Waals surface area contributed by atoms with Crippen molar-refractivity contribution >= 4 is 27.8 Å². The first-order valence-corrected chi connectivity index (χ1v) is 7.75. The zero-order valence-corrected chi connectivity index (χ0v) is 14.9. The first-order valence-electron chi connectivity index (χ1n) is 6.96. The van der Waals surface area contributed by atoms with Crippen molar-refractivity contribution in [3.8, 4) is 11.5 Å². The second kappa shape index (κ2) is 10.1. The van der Waals surface area contributed by atoms with Gasteiger partial charge in [-0.25, -0.2) is 4.79 Å². The molecule has 128 valence electrons. The highest BCUT2D eigenvalue weighted by atomic mass is 79.9. The van der Waals surface area contributed by atoms with Gasteiger partial charge in [-0.2, -0.15) is 0 Å². The molecule has 1 aromatic carbocycles. The van der Waals surface area contributed by atoms with E-state index < -0.39 is 11.9 Å². The summed E-state index contributed by atoms with van der Waals surface area (Å²) < 4.78 is 21.0. The third kappa shape index (κ3) is 6.07. The lowest BCUT2D eigenvalue weighted by Gasteiger charge is -2.13. The van der Waals surface area contributed by atoms with Crippen molar-refractivity contribution in [3.05, 3.63) is 22.2 Å². The number of carbonyl (C=O) groups is 2. The minimum atomic E-state index is -0.631. The summed E-state index contributed by atoms with van der Waals surface area (Å²) in [5.41, 5.74) is 0.252. The molecule has 1 aromatic rings. The van der Waals surface area contributed by atoms with E-state index in [1.807, 2.05) is 6.92 Å². The quantitative estimate of drug-likeness (QED) is 0.511. The topological polar surface area (TPSA) is 83.1 Å². The Morgan fingerprint density at radius 3 is 2.61 bits per heavy atom. The zero-order chi connectivity index (χ0) is 17.2. The number of methoxy groups -OCH3 is 2. The van der Waals surface area contributed by atoms with Gasteiger partial charge in [0.15, 0.2) is 18.1 Å². The predicted octanol–water partition coefficient (Wildman–Crippen LogP) is 1.78. The van der Waals surface area contributed by atoms with Gasteiger partial charge in [0, 0.05) is 13.7 Å². The largest absolute Gasteiger partial charge is 0.493 e. The lowest BCUT2D eigenvalue weighted by Crippen LogP contribution is -2.31. The maximum Gasteiger partial charge on any atom is 0.338 e. The summed E-state index contributed by atoms with van der Waals surface area (Å²) in [7, 11) is 3.01. The summed E-state index contributed by atoms with van der Waals surface area (Å²) in [6.07, 6.45) is 0. The summed E-state index contributed by atoms with van der Waals surface area (Å²) >= 11 is 3.32. The van der Waals surface area contributed by atoms with E-state index >= 15 is 0 Å². The smallest absolute Gasteiger partial charge is 0.338 e. The summed E-state index contributed by atoms with van der Waals surface area (Å²) in [5.74, 6) is -0.122. The van der Waals surface area contributed by atoms with Gasteiger partial charge < -0.3 is 24.3 Å². The molecular formula is C15H20BrNO6. The Bertz CT molecular complexity index is 549. The van der Waals surface area contributed by atoms with E-state index in [0.717, 1.165) is 0 Å². The molecule has 1 N–H and O–H groups in total. The molecule has 0 atom stereocenters. The Kier molecular flexibility index (Phi) is 8.42. The van der Waals surface area contributed by atoms with Gasteiger partial charge in [-0.1, -0.05) is 0 Å². The fourth-order valence-corrected chi connectivity index (χ4v) is 2.24. The molecular weight excluding hydrogens is 370 g/mol. The molecule has 0 aliphatic carbocycles. The molecule has 23 heavy (non-hydrogen) atoms. The number of amides is 1. The molecule has 7 nitrogen and oxygen atoms in total. The van der Waals surface area contributed by atoms with Gasteiger partial charge in [0.25, 0.3) is 5.91 Å². The molecule has 0 saturated heterocycles. The standard InChI is InChI=1S/C15H20BrNO6/c1-4-22-14-11(16)7-10(8-12(14)21-3)15(19)23-9-13(18)17-5-6-20-2/h7-8H,4-6,9H2,1-3H3,(H,17,18). The van der Waals surface area contributed by atoms with Crippen LogP contribution >= 0.6 is 15.9 Å². The molecule has 1 amide bonds. The van der Waals surface area contributed by atoms with Crippen molar-refractivity contribution in [2.75, 3.05) is 40.6 Å². The Morgan fingerprint density at radius 2 is 2.00 bits per heavy atom. The number of benzene rings is 1. The average molecular weight is 390 g/mol. The van der Waals surface area contributed by atoms with E-state index in [1.165, 1.54) is 20.3 Å². The molecule has 0 aliphatic rings. The summed E-state index contributed by atoms with van der Waals surface area (Å²) in [4.78, 5) is 23.5. The van der Waals surface area contributed by atoms with Gasteiger partial charge in [-0.05, 0) is 35.0 Å². The highest BCUT2D eigenvalue weighted by Crippen LogP contribution is 2.36. The molecule has 0 radical (unpaired) electrons. The van der Waals surface area contributed by atoms with E-state index in [0.29, 0.717) is 35.7 Å². The Morgan fingerprint density at radius 1 is 1.26 bits per heavy atom. The van der Waals surface area contributed by atoms with Crippen LogP contribution in [0.1, 0.15) is 17.3 Å². The molecule has 0 saturated carbocycles. The van der Waals surface area contributed by atoms with Crippen LogP contribution in [0.15, 0.2) is 16.6 Å². The van der Waals surface area contributed by atoms with E-state index in [-0.39, 0.29) is 12.2 Å². The Labute approximate surface area is 143 Å². The lowest BCUT2D eigenvalue weighted by atomic mass is 10.2. The van der Waals surface area contributed by atoms with Crippen LogP contribution < -0.4 is 14.8 Å². The van der Waals surface area contributed by atoms with Crippen molar-refractivity contribution in [3.63, 3.8) is 0 Å². The van der Waals surface area contributed by atoms with Crippen molar-refractivity contribution in [1.82, 2.24) is 5.32 Å². The van der Waals surface area contributed by atoms with Crippen LogP contribution in [-0.4, -0.2) is 52.5 Å². The van der Waals surface area contributed by atoms with Gasteiger partial charge >= 0.3 is 5.97 Å². The molecule has 8 heteroatoms. The van der Waals surface area contributed by atoms with Gasteiger partial charge in [-0.3, -0.25) is 4.79 Å². The predicted molar refractivity (Wildman–Crippen MR) is 87.0 cm³/mol. The molecule has 0 fully saturated rings. The molecule has 0 bridgehead atoms. The normalized spacial score (nSPS) is 10.1. The van der Waals surface area contributed by atoms with E-state index in [9.17, 15) is 9.59 Å². The molecule has 0 spiro atoms. The molecule has 0 heterocycles. The molecule has 0 unspecified atom stereocenters. The van der Waals surface area contributed by atoms with E-state index in [2.05, 4.69) is 21.2 Å². The third-order valence-electron chi connectivity index (χ3n) is 2.72. The first-order chi connectivity index (χ1) is 11.0. The first kappa shape index (κ1) is 19.2. The lowest BCUT2D eigenvalue weighted by molar-refractivity contribution is -0.124. The maximum absolute atomic E-state index is 12.0. The number of ether oxygens (including phenoxy) is 4. The van der Waals surface area contributed by atoms with Crippen LogP contribution in [0.5, 0.6) is 11.5 Å². The van der Waals surface area contributed by atoms with Crippen LogP contribution in [0, 0.1) is 0 Å². The monoisotopic (exact) mass is 389 g/mol. The van der Waals surface area contributed by atoms with Gasteiger partial charge in [0.2, 0.25) is 0 Å². The Hall–Kier alpha value is -1.80. The fourth-order valence-electron chi connectivity index (χ4n) is 1.68. The summed E-state index contributed by atoms with van der Waals surface area (Å²) in [6, 6.07) is 3.06. The minimum absolute atomic E-state index is 0.252. The molecule has 0 aliphatic heterocycles. The third-order valence-corrected chi connectivity index (χ3v) is 3.31. The summed E-state index contributed by atoms with van der Waals surface area (Å²) in [6.45, 7) is 2.68. The number of rotatable bonds is 9. The number of halogens is 1. The van der Waals surface area contributed by atoms with Crippen LogP contribution in [0.3, 0.4) is 0 Å². The van der Waals surface area contributed by atoms with E-state index in [1.54, 1.807) is 6.07 Å². The zero-order valence-electron chi connectivity index (χ0n) is 13.3. The number of carbonyl (C=O) groups excluding carboxylic acids is 2. The second-order valence-electron chi connectivity index (χ2n) is 4.34. The van der Waals surface area contributed by atoms with Gasteiger partial charge in [0.1, 0.15) is 0 Å². The highest BCUT2D eigenvalue weighted by Gasteiger charge is 2.17. The minimum Gasteiger partial charge on any atom is -0.493 e. The fraction of sp³-hybridized carbons (Fsp3) is 0.467. The van der Waals surface area contributed by atoms with Gasteiger partial charge in [-0.15, -0.1) is 0 Å². The maximum atomic E-state index is 12.0. The van der Waals surface area contributed by atoms with Crippen molar-refractivity contribution < 1.29 is 28.5 Å². The van der Waals surface area contributed by atoms with Crippen LogP contribution in [-0.2, 0) is 14.3 Å². The van der Waals surface area contributed by atoms with Crippen LogP contribution in [0.4, 0.5) is 0 Å². The highest BCUT2D eigenvalue weighted by molar-refractivity contribution is 9.10. The van der Waals surface area contributed by atoms with Gasteiger partial charge in [0.05, 0.1) is 30.4 Å². The van der Waals surface area contributed by atoms with Crippen LogP contribution in [0.2, 0.25) is 0 Å². The molecule has 0 aromatic heterocycles. The van der Waals surface area contributed by atoms with Crippen molar-refractivity contribution in [2.45, 2.75) is 6.92 Å². The van der Waals surface area contributed by atoms with Crippen LogP contribution in [0.25, 0.3) is 0 Å². The molecule has 1 rings (SSSR count). The summed E-state index contributed by atoms with van der Waals surface area (Å²) in [5, 5.41) is 2.56. The van der Waals surface area contributed by atoms with Crippen molar-refractivity contribution in [2.24, 2.45) is 0 Å².